The quantitative estimate of drug-likeness (QED) is 0.630. The van der Waals surface area contributed by atoms with Crippen LogP contribution in [0.4, 0.5) is 0 Å². The monoisotopic (exact) mass is 378 g/mol. The Morgan fingerprint density at radius 3 is 2.78 bits per heavy atom. The van der Waals surface area contributed by atoms with Crippen LogP contribution in [0.3, 0.4) is 0 Å². The van der Waals surface area contributed by atoms with E-state index in [9.17, 15) is 4.79 Å². The van der Waals surface area contributed by atoms with Crippen molar-refractivity contribution in [2.75, 3.05) is 6.61 Å². The van der Waals surface area contributed by atoms with Gasteiger partial charge >= 0.3 is 0 Å². The topological polar surface area (TPSA) is 43.6 Å². The maximum Gasteiger partial charge on any atom is 0.252 e. The molecule has 3 rings (SSSR count). The van der Waals surface area contributed by atoms with Crippen molar-refractivity contribution in [3.8, 4) is 18.1 Å². The molecule has 0 N–H and O–H groups in total. The lowest BCUT2D eigenvalue weighted by Crippen LogP contribution is -2.17. The summed E-state index contributed by atoms with van der Waals surface area (Å²) >= 11 is 1.45. The van der Waals surface area contributed by atoms with Crippen LogP contribution in [0.25, 0.3) is 10.2 Å². The van der Waals surface area contributed by atoms with E-state index in [1.54, 1.807) is 0 Å². The first-order chi connectivity index (χ1) is 13.0. The lowest BCUT2D eigenvalue weighted by Gasteiger charge is -2.04. The van der Waals surface area contributed by atoms with E-state index in [0.717, 1.165) is 27.1 Å². The number of hydrogen-bond acceptors (Lipinski definition) is 3. The zero-order valence-corrected chi connectivity index (χ0v) is 16.6. The number of aromatic nitrogens is 1. The zero-order chi connectivity index (χ0) is 19.4. The van der Waals surface area contributed by atoms with Gasteiger partial charge in [0.15, 0.2) is 4.80 Å². The van der Waals surface area contributed by atoms with Crippen LogP contribution in [0.5, 0.6) is 5.75 Å². The fraction of sp³-hybridized carbons (Fsp3) is 0.273. The molecule has 2 aromatic carbocycles. The average molecular weight is 378 g/mol. The summed E-state index contributed by atoms with van der Waals surface area (Å²) in [6.07, 6.45) is 5.81. The number of rotatable bonds is 5. The maximum atomic E-state index is 12.6. The summed E-state index contributed by atoms with van der Waals surface area (Å²) in [5.74, 6) is 3.27. The van der Waals surface area contributed by atoms with Gasteiger partial charge in [-0.1, -0.05) is 41.0 Å². The van der Waals surface area contributed by atoms with Crippen molar-refractivity contribution in [3.05, 3.63) is 57.9 Å². The van der Waals surface area contributed by atoms with Crippen molar-refractivity contribution in [2.24, 2.45) is 4.99 Å². The van der Waals surface area contributed by atoms with Gasteiger partial charge in [-0.2, -0.15) is 4.99 Å². The second-order valence-electron chi connectivity index (χ2n) is 6.35. The molecule has 1 amide bonds. The number of ether oxygens (including phenoxy) is 1. The number of nitrogens with zero attached hydrogens (tertiary/aromatic N) is 2. The number of terminal acetylenes is 1. The number of thiazole rings is 1. The van der Waals surface area contributed by atoms with E-state index in [4.69, 9.17) is 11.2 Å². The SMILES string of the molecule is C#CCn1c(=NC(=O)Cc2ccc(C)cc2C)sc2cc(OCC)ccc21. The molecule has 5 heteroatoms. The predicted octanol–water partition coefficient (Wildman–Crippen LogP) is 4.02. The number of carbonyl (C=O) groups excluding carboxylic acids is 1. The summed E-state index contributed by atoms with van der Waals surface area (Å²) in [6.45, 7) is 6.97. The molecule has 4 nitrogen and oxygen atoms in total. The number of fused-ring (bicyclic) bond motifs is 1. The maximum absolute atomic E-state index is 12.6. The van der Waals surface area contributed by atoms with Crippen molar-refractivity contribution in [3.63, 3.8) is 0 Å². The Balaban J connectivity index is 1.99. The van der Waals surface area contributed by atoms with Crippen LogP contribution in [0.15, 0.2) is 41.4 Å². The van der Waals surface area contributed by atoms with E-state index in [-0.39, 0.29) is 12.3 Å². The third kappa shape index (κ3) is 4.29. The molecule has 1 heterocycles. The molecule has 0 saturated heterocycles. The molecule has 1 aromatic heterocycles. The van der Waals surface area contributed by atoms with Gasteiger partial charge in [0.05, 0.1) is 29.8 Å². The normalized spacial score (nSPS) is 11.6. The number of hydrogen-bond donors (Lipinski definition) is 0. The highest BCUT2D eigenvalue weighted by Crippen LogP contribution is 2.23. The minimum absolute atomic E-state index is 0.177. The smallest absolute Gasteiger partial charge is 0.252 e. The van der Waals surface area contributed by atoms with Crippen molar-refractivity contribution in [1.82, 2.24) is 4.57 Å². The third-order valence-corrected chi connectivity index (χ3v) is 5.32. The van der Waals surface area contributed by atoms with E-state index in [1.165, 1.54) is 16.9 Å². The summed E-state index contributed by atoms with van der Waals surface area (Å²) in [5, 5.41) is 0. The van der Waals surface area contributed by atoms with Crippen molar-refractivity contribution < 1.29 is 9.53 Å². The fourth-order valence-corrected chi connectivity index (χ4v) is 4.07. The molecule has 138 valence electrons. The summed E-state index contributed by atoms with van der Waals surface area (Å²) in [4.78, 5) is 17.5. The van der Waals surface area contributed by atoms with Gasteiger partial charge in [0.25, 0.3) is 5.91 Å². The Bertz CT molecular complexity index is 1100. The molecule has 0 atom stereocenters. The summed E-state index contributed by atoms with van der Waals surface area (Å²) in [5.41, 5.74) is 4.24. The summed E-state index contributed by atoms with van der Waals surface area (Å²) < 4.78 is 8.46. The van der Waals surface area contributed by atoms with Gasteiger partial charge < -0.3 is 9.30 Å². The minimum Gasteiger partial charge on any atom is -0.494 e. The van der Waals surface area contributed by atoms with Gasteiger partial charge in [-0.25, -0.2) is 0 Å². The molecule has 0 radical (unpaired) electrons. The molecular weight excluding hydrogens is 356 g/mol. The number of aryl methyl sites for hydroxylation is 2. The number of amides is 1. The van der Waals surface area contributed by atoms with Gasteiger partial charge in [-0.05, 0) is 50.1 Å². The van der Waals surface area contributed by atoms with E-state index < -0.39 is 0 Å². The summed E-state index contributed by atoms with van der Waals surface area (Å²) in [7, 11) is 0. The third-order valence-electron chi connectivity index (χ3n) is 4.27. The van der Waals surface area contributed by atoms with Gasteiger partial charge in [0, 0.05) is 0 Å². The molecule has 0 aliphatic carbocycles. The lowest BCUT2D eigenvalue weighted by atomic mass is 10.0. The van der Waals surface area contributed by atoms with Crippen molar-refractivity contribution in [1.29, 1.82) is 0 Å². The zero-order valence-electron chi connectivity index (χ0n) is 15.8. The fourth-order valence-electron chi connectivity index (χ4n) is 2.99. The predicted molar refractivity (Wildman–Crippen MR) is 110 cm³/mol. The molecule has 0 spiro atoms. The first-order valence-corrected chi connectivity index (χ1v) is 9.66. The Morgan fingerprint density at radius 2 is 2.07 bits per heavy atom. The highest BCUT2D eigenvalue weighted by molar-refractivity contribution is 7.16. The van der Waals surface area contributed by atoms with Crippen LogP contribution in [0.1, 0.15) is 23.6 Å². The average Bonchev–Trinajstić information content (AvgIpc) is 2.95. The standard InChI is InChI=1S/C22H22N2O2S/c1-5-11-24-19-10-9-18(26-6-2)14-20(19)27-22(24)23-21(25)13-17-8-7-15(3)12-16(17)4/h1,7-10,12,14H,6,11,13H2,2-4H3. The van der Waals surface area contributed by atoms with Gasteiger partial charge in [-0.3, -0.25) is 4.79 Å². The van der Waals surface area contributed by atoms with E-state index in [0.29, 0.717) is 18.0 Å². The van der Waals surface area contributed by atoms with Crippen molar-refractivity contribution >= 4 is 27.5 Å². The molecule has 0 aliphatic rings. The molecule has 3 aromatic rings. The van der Waals surface area contributed by atoms with E-state index in [1.807, 2.05) is 55.7 Å². The molecular formula is C22H22N2O2S. The Hall–Kier alpha value is -2.84. The molecule has 0 aliphatic heterocycles. The van der Waals surface area contributed by atoms with Crippen LogP contribution in [-0.4, -0.2) is 17.1 Å². The van der Waals surface area contributed by atoms with Gasteiger partial charge in [0.1, 0.15) is 5.75 Å². The number of carbonyl (C=O) groups is 1. The number of benzene rings is 2. The Labute approximate surface area is 163 Å². The van der Waals surface area contributed by atoms with Crippen LogP contribution in [0.2, 0.25) is 0 Å². The lowest BCUT2D eigenvalue weighted by molar-refractivity contribution is -0.117. The molecule has 0 fully saturated rings. The van der Waals surface area contributed by atoms with Crippen LogP contribution in [0, 0.1) is 26.2 Å². The van der Waals surface area contributed by atoms with Gasteiger partial charge in [0.2, 0.25) is 0 Å². The molecule has 0 unspecified atom stereocenters. The van der Waals surface area contributed by atoms with Crippen LogP contribution in [-0.2, 0) is 17.8 Å². The molecule has 0 saturated carbocycles. The highest BCUT2D eigenvalue weighted by atomic mass is 32.1. The van der Waals surface area contributed by atoms with E-state index in [2.05, 4.69) is 17.0 Å². The molecule has 27 heavy (non-hydrogen) atoms. The van der Waals surface area contributed by atoms with E-state index >= 15 is 0 Å². The highest BCUT2D eigenvalue weighted by Gasteiger charge is 2.10. The first-order valence-electron chi connectivity index (χ1n) is 8.85. The first kappa shape index (κ1) is 18.9. The second-order valence-corrected chi connectivity index (χ2v) is 7.36. The molecule has 0 bridgehead atoms. The van der Waals surface area contributed by atoms with Crippen LogP contribution >= 0.6 is 11.3 Å². The largest absolute Gasteiger partial charge is 0.494 e. The van der Waals surface area contributed by atoms with Crippen molar-refractivity contribution in [2.45, 2.75) is 33.7 Å². The summed E-state index contributed by atoms with van der Waals surface area (Å²) in [6, 6.07) is 11.9. The minimum atomic E-state index is -0.177. The van der Waals surface area contributed by atoms with Gasteiger partial charge in [-0.15, -0.1) is 6.42 Å². The Morgan fingerprint density at radius 1 is 1.26 bits per heavy atom. The second kappa shape index (κ2) is 8.24. The Kier molecular flexibility index (Phi) is 5.78. The van der Waals surface area contributed by atoms with Crippen LogP contribution < -0.4 is 9.54 Å².